The summed E-state index contributed by atoms with van der Waals surface area (Å²) in [6, 6.07) is 8.64. The summed E-state index contributed by atoms with van der Waals surface area (Å²) in [5.74, 6) is 1.91. The van der Waals surface area contributed by atoms with Gasteiger partial charge in [-0.25, -0.2) is 15.0 Å². The van der Waals surface area contributed by atoms with Crippen molar-refractivity contribution >= 4 is 39.3 Å². The van der Waals surface area contributed by atoms with Crippen LogP contribution in [-0.4, -0.2) is 52.9 Å². The van der Waals surface area contributed by atoms with E-state index >= 15 is 0 Å². The summed E-state index contributed by atoms with van der Waals surface area (Å²) in [6.07, 6.45) is 3.69. The van der Waals surface area contributed by atoms with Crippen molar-refractivity contribution in [2.45, 2.75) is 26.8 Å². The van der Waals surface area contributed by atoms with Crippen LogP contribution in [0.1, 0.15) is 25.6 Å². The highest BCUT2D eigenvalue weighted by atomic mass is 16.5. The zero-order chi connectivity index (χ0) is 22.2. The normalized spacial score (nSPS) is 14.5. The number of rotatable bonds is 5. The Morgan fingerprint density at radius 2 is 1.84 bits per heavy atom. The number of ether oxygens (including phenoxy) is 2. The molecule has 0 aliphatic carbocycles. The van der Waals surface area contributed by atoms with Gasteiger partial charge in [0.1, 0.15) is 17.1 Å². The molecule has 166 valence electrons. The van der Waals surface area contributed by atoms with Crippen LogP contribution in [0.15, 0.2) is 36.7 Å². The average Bonchev–Trinajstić information content (AvgIpc) is 3.16. The number of fused-ring (bicyclic) bond motifs is 3. The molecule has 3 aromatic heterocycles. The molecule has 0 atom stereocenters. The molecule has 32 heavy (non-hydrogen) atoms. The molecular weight excluding hydrogens is 404 g/mol. The minimum absolute atomic E-state index is 0.336. The molecule has 0 saturated carbocycles. The van der Waals surface area contributed by atoms with Gasteiger partial charge in [-0.15, -0.1) is 0 Å². The quantitative estimate of drug-likeness (QED) is 0.499. The SMILES string of the molecule is COc1cc(Nc2ncc3ccc4cc(C)n(C(C)C)c4c3n2)ncc1N1CCOCC1. The number of pyridine rings is 1. The largest absolute Gasteiger partial charge is 0.494 e. The summed E-state index contributed by atoms with van der Waals surface area (Å²) >= 11 is 0. The highest BCUT2D eigenvalue weighted by molar-refractivity contribution is 6.04. The molecule has 1 fully saturated rings. The highest BCUT2D eigenvalue weighted by Gasteiger charge is 2.18. The summed E-state index contributed by atoms with van der Waals surface area (Å²) < 4.78 is 13.4. The van der Waals surface area contributed by atoms with Crippen molar-refractivity contribution in [3.63, 3.8) is 0 Å². The van der Waals surface area contributed by atoms with Gasteiger partial charge in [0.2, 0.25) is 5.95 Å². The van der Waals surface area contributed by atoms with E-state index in [1.807, 2.05) is 18.5 Å². The average molecular weight is 433 g/mol. The van der Waals surface area contributed by atoms with E-state index in [9.17, 15) is 0 Å². The zero-order valence-corrected chi connectivity index (χ0v) is 18.9. The summed E-state index contributed by atoms with van der Waals surface area (Å²) in [6.45, 7) is 9.58. The van der Waals surface area contributed by atoms with Gasteiger partial charge >= 0.3 is 0 Å². The maximum atomic E-state index is 5.64. The first-order chi connectivity index (χ1) is 15.5. The molecule has 0 unspecified atom stereocenters. The van der Waals surface area contributed by atoms with E-state index in [4.69, 9.17) is 14.5 Å². The molecule has 0 amide bonds. The summed E-state index contributed by atoms with van der Waals surface area (Å²) in [5, 5.41) is 5.45. The number of anilines is 3. The lowest BCUT2D eigenvalue weighted by Gasteiger charge is -2.29. The Morgan fingerprint density at radius 1 is 1.06 bits per heavy atom. The Bertz CT molecular complexity index is 1280. The fourth-order valence-electron chi connectivity index (χ4n) is 4.48. The molecule has 5 rings (SSSR count). The number of methoxy groups -OCH3 is 1. The number of hydrogen-bond acceptors (Lipinski definition) is 7. The predicted octanol–water partition coefficient (Wildman–Crippen LogP) is 4.46. The number of nitrogens with zero attached hydrogens (tertiary/aromatic N) is 5. The van der Waals surface area contributed by atoms with E-state index in [0.717, 1.165) is 40.9 Å². The van der Waals surface area contributed by atoms with Crippen molar-refractivity contribution in [2.24, 2.45) is 0 Å². The molecule has 1 aromatic carbocycles. The van der Waals surface area contributed by atoms with Crippen LogP contribution in [0.4, 0.5) is 17.5 Å². The van der Waals surface area contributed by atoms with Gasteiger partial charge < -0.3 is 24.3 Å². The minimum atomic E-state index is 0.336. The molecule has 1 aliphatic rings. The molecule has 4 aromatic rings. The van der Waals surface area contributed by atoms with Crippen LogP contribution < -0.4 is 15.0 Å². The van der Waals surface area contributed by atoms with Crippen LogP contribution in [0.2, 0.25) is 0 Å². The Hall–Kier alpha value is -3.39. The molecule has 0 bridgehead atoms. The van der Waals surface area contributed by atoms with Crippen molar-refractivity contribution in [3.05, 3.63) is 42.4 Å². The maximum Gasteiger partial charge on any atom is 0.228 e. The Kier molecular flexibility index (Phi) is 5.30. The third-order valence-corrected chi connectivity index (χ3v) is 5.92. The first-order valence-electron chi connectivity index (χ1n) is 11.0. The first kappa shape index (κ1) is 20.5. The van der Waals surface area contributed by atoms with E-state index in [1.54, 1.807) is 7.11 Å². The smallest absolute Gasteiger partial charge is 0.228 e. The second-order valence-electron chi connectivity index (χ2n) is 8.35. The van der Waals surface area contributed by atoms with Gasteiger partial charge in [0.15, 0.2) is 0 Å². The van der Waals surface area contributed by atoms with Gasteiger partial charge in [0.05, 0.1) is 37.7 Å². The van der Waals surface area contributed by atoms with Gasteiger partial charge in [-0.2, -0.15) is 0 Å². The van der Waals surface area contributed by atoms with Crippen LogP contribution in [0.5, 0.6) is 5.75 Å². The third kappa shape index (κ3) is 3.60. The molecule has 1 N–H and O–H groups in total. The van der Waals surface area contributed by atoms with Crippen LogP contribution in [0.25, 0.3) is 21.8 Å². The van der Waals surface area contributed by atoms with Crippen LogP contribution in [0.3, 0.4) is 0 Å². The van der Waals surface area contributed by atoms with Crippen molar-refractivity contribution in [2.75, 3.05) is 43.6 Å². The monoisotopic (exact) mass is 432 g/mol. The summed E-state index contributed by atoms with van der Waals surface area (Å²) in [4.78, 5) is 16.2. The number of benzene rings is 1. The first-order valence-corrected chi connectivity index (χ1v) is 11.0. The Morgan fingerprint density at radius 3 is 2.59 bits per heavy atom. The highest BCUT2D eigenvalue weighted by Crippen LogP contribution is 2.32. The van der Waals surface area contributed by atoms with Gasteiger partial charge in [-0.1, -0.05) is 12.1 Å². The predicted molar refractivity (Wildman–Crippen MR) is 127 cm³/mol. The topological polar surface area (TPSA) is 77.3 Å². The Balaban J connectivity index is 1.52. The molecule has 8 heteroatoms. The third-order valence-electron chi connectivity index (χ3n) is 5.92. The second-order valence-corrected chi connectivity index (χ2v) is 8.35. The van der Waals surface area contributed by atoms with Crippen LogP contribution in [0, 0.1) is 6.92 Å². The lowest BCUT2D eigenvalue weighted by molar-refractivity contribution is 0.122. The number of nitrogens with one attached hydrogen (secondary N) is 1. The summed E-state index contributed by atoms with van der Waals surface area (Å²) in [5.41, 5.74) is 4.25. The maximum absolute atomic E-state index is 5.64. The van der Waals surface area contributed by atoms with Crippen molar-refractivity contribution in [3.8, 4) is 5.75 Å². The number of morpholine rings is 1. The molecule has 8 nitrogen and oxygen atoms in total. The van der Waals surface area contributed by atoms with E-state index in [0.29, 0.717) is 31.0 Å². The fourth-order valence-corrected chi connectivity index (χ4v) is 4.48. The zero-order valence-electron chi connectivity index (χ0n) is 18.9. The van der Waals surface area contributed by atoms with Crippen LogP contribution >= 0.6 is 0 Å². The molecule has 1 aliphatic heterocycles. The number of hydrogen-bond donors (Lipinski definition) is 1. The van der Waals surface area contributed by atoms with Crippen molar-refractivity contribution < 1.29 is 9.47 Å². The fraction of sp³-hybridized carbons (Fsp3) is 0.375. The number of aromatic nitrogens is 4. The molecule has 4 heterocycles. The van der Waals surface area contributed by atoms with Gasteiger partial charge in [-0.3, -0.25) is 0 Å². The van der Waals surface area contributed by atoms with Gasteiger partial charge in [-0.05, 0) is 26.8 Å². The molecule has 0 spiro atoms. The minimum Gasteiger partial charge on any atom is -0.494 e. The van der Waals surface area contributed by atoms with Crippen molar-refractivity contribution in [1.29, 1.82) is 0 Å². The molecule has 1 saturated heterocycles. The van der Waals surface area contributed by atoms with E-state index in [2.05, 4.69) is 63.7 Å². The van der Waals surface area contributed by atoms with Gasteiger partial charge in [0.25, 0.3) is 0 Å². The van der Waals surface area contributed by atoms with E-state index in [1.165, 1.54) is 11.1 Å². The lowest BCUT2D eigenvalue weighted by atomic mass is 10.2. The number of aryl methyl sites for hydroxylation is 1. The lowest BCUT2D eigenvalue weighted by Crippen LogP contribution is -2.36. The van der Waals surface area contributed by atoms with Crippen molar-refractivity contribution in [1.82, 2.24) is 19.5 Å². The second kappa shape index (κ2) is 8.27. The molecular formula is C24H28N6O2. The van der Waals surface area contributed by atoms with Crippen LogP contribution in [-0.2, 0) is 4.74 Å². The van der Waals surface area contributed by atoms with Gasteiger partial charge in [0, 0.05) is 47.9 Å². The molecule has 0 radical (unpaired) electrons. The Labute approximate surface area is 187 Å². The van der Waals surface area contributed by atoms with E-state index < -0.39 is 0 Å². The van der Waals surface area contributed by atoms with E-state index in [-0.39, 0.29) is 0 Å². The standard InChI is InChI=1S/C24H28N6O2/c1-15(2)30-16(3)11-17-5-6-18-13-26-24(28-22(18)23(17)30)27-21-12-20(31-4)19(14-25-21)29-7-9-32-10-8-29/h5-6,11-15H,7-10H2,1-4H3,(H,25,26,27,28). The summed E-state index contributed by atoms with van der Waals surface area (Å²) in [7, 11) is 1.68.